The van der Waals surface area contributed by atoms with E-state index in [9.17, 15) is 9.18 Å². The van der Waals surface area contributed by atoms with E-state index in [-0.39, 0.29) is 23.1 Å². The quantitative estimate of drug-likeness (QED) is 0.658. The molecule has 0 amide bonds. The second kappa shape index (κ2) is 2.91. The Labute approximate surface area is 82.9 Å². The highest BCUT2D eigenvalue weighted by Crippen LogP contribution is 2.63. The van der Waals surface area contributed by atoms with Gasteiger partial charge in [-0.25, -0.2) is 4.39 Å². The second-order valence-corrected chi connectivity index (χ2v) is 4.48. The van der Waals surface area contributed by atoms with Gasteiger partial charge >= 0.3 is 0 Å². The molecule has 1 aromatic carbocycles. The van der Waals surface area contributed by atoms with Crippen LogP contribution in [0.25, 0.3) is 0 Å². The molecule has 74 valence electrons. The standard InChI is InChI=1S/C12H13FO/c1-12(2)9(7-14)11(12)8-5-3-4-6-10(8)13/h3-7,9,11H,1-2H3. The van der Waals surface area contributed by atoms with Gasteiger partial charge in [0.1, 0.15) is 12.1 Å². The van der Waals surface area contributed by atoms with Gasteiger partial charge in [0.25, 0.3) is 0 Å². The van der Waals surface area contributed by atoms with Crippen molar-refractivity contribution in [2.45, 2.75) is 19.8 Å². The van der Waals surface area contributed by atoms with Gasteiger partial charge in [-0.1, -0.05) is 32.0 Å². The Morgan fingerprint density at radius 1 is 1.36 bits per heavy atom. The summed E-state index contributed by atoms with van der Waals surface area (Å²) in [5.74, 6) is -0.171. The summed E-state index contributed by atoms with van der Waals surface area (Å²) < 4.78 is 13.4. The van der Waals surface area contributed by atoms with Gasteiger partial charge in [-0.15, -0.1) is 0 Å². The lowest BCUT2D eigenvalue weighted by atomic mass is 10.0. The highest BCUT2D eigenvalue weighted by atomic mass is 19.1. The summed E-state index contributed by atoms with van der Waals surface area (Å²) in [5.41, 5.74) is 0.596. The Hall–Kier alpha value is -1.18. The maximum absolute atomic E-state index is 13.4. The zero-order valence-corrected chi connectivity index (χ0v) is 8.33. The van der Waals surface area contributed by atoms with Crippen molar-refractivity contribution in [1.29, 1.82) is 0 Å². The smallest absolute Gasteiger partial charge is 0.126 e. The van der Waals surface area contributed by atoms with Crippen LogP contribution in [0.4, 0.5) is 4.39 Å². The molecule has 1 nitrogen and oxygen atoms in total. The minimum Gasteiger partial charge on any atom is -0.303 e. The van der Waals surface area contributed by atoms with Gasteiger partial charge in [0.2, 0.25) is 0 Å². The van der Waals surface area contributed by atoms with Crippen LogP contribution >= 0.6 is 0 Å². The van der Waals surface area contributed by atoms with Gasteiger partial charge in [-0.05, 0) is 17.0 Å². The molecule has 0 aromatic heterocycles. The first-order chi connectivity index (χ1) is 6.59. The molecule has 0 bridgehead atoms. The number of halogens is 1. The topological polar surface area (TPSA) is 17.1 Å². The Bertz CT molecular complexity index is 370. The summed E-state index contributed by atoms with van der Waals surface area (Å²) in [6.45, 7) is 4.01. The molecular weight excluding hydrogens is 179 g/mol. The monoisotopic (exact) mass is 192 g/mol. The van der Waals surface area contributed by atoms with E-state index in [1.807, 2.05) is 19.9 Å². The molecule has 2 heteroatoms. The number of carbonyl (C=O) groups is 1. The summed E-state index contributed by atoms with van der Waals surface area (Å²) >= 11 is 0. The SMILES string of the molecule is CC1(C)C(C=O)C1c1ccccc1F. The Morgan fingerprint density at radius 3 is 2.50 bits per heavy atom. The maximum Gasteiger partial charge on any atom is 0.126 e. The van der Waals surface area contributed by atoms with Crippen molar-refractivity contribution in [3.8, 4) is 0 Å². The summed E-state index contributed by atoms with van der Waals surface area (Å²) in [4.78, 5) is 10.8. The van der Waals surface area contributed by atoms with Crippen LogP contribution in [0.3, 0.4) is 0 Å². The molecule has 2 atom stereocenters. The maximum atomic E-state index is 13.4. The average Bonchev–Trinajstić information content (AvgIpc) is 2.69. The summed E-state index contributed by atoms with van der Waals surface area (Å²) in [7, 11) is 0. The largest absolute Gasteiger partial charge is 0.303 e. The lowest BCUT2D eigenvalue weighted by Crippen LogP contribution is -1.92. The summed E-state index contributed by atoms with van der Waals surface area (Å²) in [6, 6.07) is 6.70. The molecule has 14 heavy (non-hydrogen) atoms. The van der Waals surface area contributed by atoms with E-state index in [0.29, 0.717) is 5.56 Å². The molecule has 0 spiro atoms. The van der Waals surface area contributed by atoms with Crippen molar-refractivity contribution >= 4 is 6.29 Å². The van der Waals surface area contributed by atoms with Crippen LogP contribution in [-0.4, -0.2) is 6.29 Å². The minimum atomic E-state index is -0.199. The predicted octanol–water partition coefficient (Wildman–Crippen LogP) is 2.76. The molecule has 1 aliphatic carbocycles. The van der Waals surface area contributed by atoms with Gasteiger partial charge < -0.3 is 4.79 Å². The molecule has 1 saturated carbocycles. The van der Waals surface area contributed by atoms with E-state index < -0.39 is 0 Å². The predicted molar refractivity (Wildman–Crippen MR) is 52.5 cm³/mol. The zero-order chi connectivity index (χ0) is 10.3. The molecule has 2 unspecified atom stereocenters. The molecule has 1 aliphatic rings. The third-order valence-corrected chi connectivity index (χ3v) is 3.30. The molecule has 1 aromatic rings. The molecular formula is C12H13FO. The number of carbonyl (C=O) groups excluding carboxylic acids is 1. The highest BCUT2D eigenvalue weighted by Gasteiger charge is 2.58. The van der Waals surface area contributed by atoms with E-state index in [0.717, 1.165) is 6.29 Å². The van der Waals surface area contributed by atoms with Gasteiger partial charge in [0.05, 0.1) is 0 Å². The third-order valence-electron chi connectivity index (χ3n) is 3.30. The molecule has 0 heterocycles. The molecule has 2 rings (SSSR count). The van der Waals surface area contributed by atoms with Crippen molar-refractivity contribution in [3.05, 3.63) is 35.6 Å². The molecule has 0 N–H and O–H groups in total. The first kappa shape index (κ1) is 9.38. The van der Waals surface area contributed by atoms with Crippen LogP contribution in [0.2, 0.25) is 0 Å². The van der Waals surface area contributed by atoms with E-state index in [1.54, 1.807) is 12.1 Å². The van der Waals surface area contributed by atoms with Crippen molar-refractivity contribution in [3.63, 3.8) is 0 Å². The summed E-state index contributed by atoms with van der Waals surface area (Å²) in [5, 5.41) is 0. The van der Waals surface area contributed by atoms with Crippen LogP contribution in [0.1, 0.15) is 25.3 Å². The minimum absolute atomic E-state index is 0.0283. The molecule has 0 saturated heterocycles. The van der Waals surface area contributed by atoms with Crippen LogP contribution in [0, 0.1) is 17.2 Å². The van der Waals surface area contributed by atoms with Crippen LogP contribution in [-0.2, 0) is 4.79 Å². The van der Waals surface area contributed by atoms with Crippen LogP contribution < -0.4 is 0 Å². The number of hydrogen-bond donors (Lipinski definition) is 0. The van der Waals surface area contributed by atoms with Crippen molar-refractivity contribution in [1.82, 2.24) is 0 Å². The average molecular weight is 192 g/mol. The Morgan fingerprint density at radius 2 is 2.00 bits per heavy atom. The molecule has 0 radical (unpaired) electrons. The third kappa shape index (κ3) is 1.17. The number of aldehydes is 1. The number of benzene rings is 1. The molecule has 0 aliphatic heterocycles. The number of hydrogen-bond acceptors (Lipinski definition) is 1. The van der Waals surface area contributed by atoms with Gasteiger partial charge in [0, 0.05) is 11.8 Å². The fraction of sp³-hybridized carbons (Fsp3) is 0.417. The second-order valence-electron chi connectivity index (χ2n) is 4.48. The van der Waals surface area contributed by atoms with Gasteiger partial charge in [-0.3, -0.25) is 0 Å². The first-order valence-electron chi connectivity index (χ1n) is 4.78. The lowest BCUT2D eigenvalue weighted by molar-refractivity contribution is -0.109. The summed E-state index contributed by atoms with van der Waals surface area (Å²) in [6.07, 6.45) is 0.942. The van der Waals surface area contributed by atoms with E-state index in [2.05, 4.69) is 0 Å². The van der Waals surface area contributed by atoms with Crippen molar-refractivity contribution in [2.24, 2.45) is 11.3 Å². The molecule has 1 fully saturated rings. The van der Waals surface area contributed by atoms with E-state index >= 15 is 0 Å². The lowest BCUT2D eigenvalue weighted by Gasteiger charge is -2.03. The van der Waals surface area contributed by atoms with Crippen LogP contribution in [0.15, 0.2) is 24.3 Å². The first-order valence-corrected chi connectivity index (χ1v) is 4.78. The van der Waals surface area contributed by atoms with Crippen LogP contribution in [0.5, 0.6) is 0 Å². The fourth-order valence-electron chi connectivity index (χ4n) is 2.25. The Balaban J connectivity index is 2.35. The van der Waals surface area contributed by atoms with E-state index in [4.69, 9.17) is 0 Å². The normalized spacial score (nSPS) is 28.5. The Kier molecular flexibility index (Phi) is 1.95. The number of rotatable bonds is 2. The van der Waals surface area contributed by atoms with Crippen molar-refractivity contribution < 1.29 is 9.18 Å². The fourth-order valence-corrected chi connectivity index (χ4v) is 2.25. The van der Waals surface area contributed by atoms with Gasteiger partial charge in [-0.2, -0.15) is 0 Å². The van der Waals surface area contributed by atoms with E-state index in [1.165, 1.54) is 6.07 Å². The highest BCUT2D eigenvalue weighted by molar-refractivity contribution is 5.64. The van der Waals surface area contributed by atoms with Gasteiger partial charge in [0.15, 0.2) is 0 Å². The van der Waals surface area contributed by atoms with Crippen molar-refractivity contribution in [2.75, 3.05) is 0 Å². The zero-order valence-electron chi connectivity index (χ0n) is 8.33.